The molecule has 0 radical (unpaired) electrons. The van der Waals surface area contributed by atoms with Gasteiger partial charge in [-0.25, -0.2) is 0 Å². The predicted molar refractivity (Wildman–Crippen MR) is 87.8 cm³/mol. The molecule has 2 amide bonds. The number of carboxylic acid groups (broad SMARTS) is 1. The fourth-order valence-corrected chi connectivity index (χ4v) is 1.87. The molecule has 0 fully saturated rings. The van der Waals surface area contributed by atoms with Crippen molar-refractivity contribution in [3.63, 3.8) is 0 Å². The van der Waals surface area contributed by atoms with E-state index < -0.39 is 24.3 Å². The maximum atomic E-state index is 12.2. The molecule has 0 atom stereocenters. The van der Waals surface area contributed by atoms with Crippen molar-refractivity contribution in [3.8, 4) is 5.75 Å². The summed E-state index contributed by atoms with van der Waals surface area (Å²) >= 11 is 0. The lowest BCUT2D eigenvalue weighted by atomic mass is 10.1. The zero-order chi connectivity index (χ0) is 18.2. The smallest absolute Gasteiger partial charge is 0.322 e. The predicted octanol–water partition coefficient (Wildman–Crippen LogP) is 1.26. The first-order valence-electron chi connectivity index (χ1n) is 7.20. The van der Waals surface area contributed by atoms with E-state index >= 15 is 0 Å². The van der Waals surface area contributed by atoms with E-state index in [1.54, 1.807) is 24.3 Å². The van der Waals surface area contributed by atoms with Crippen LogP contribution in [-0.2, 0) is 9.59 Å². The molecule has 0 aliphatic rings. The molecule has 0 unspecified atom stereocenters. The molecule has 0 spiro atoms. The van der Waals surface area contributed by atoms with Crippen LogP contribution in [0.3, 0.4) is 0 Å². The average molecular weight is 344 g/mol. The molecule has 2 rings (SSSR count). The molecule has 0 aliphatic carbocycles. The molecule has 8 heteroatoms. The van der Waals surface area contributed by atoms with Gasteiger partial charge in [0.2, 0.25) is 0 Å². The second kappa shape index (κ2) is 8.34. The van der Waals surface area contributed by atoms with E-state index in [1.165, 1.54) is 31.6 Å². The summed E-state index contributed by atoms with van der Waals surface area (Å²) in [5.41, 5.74) is 0.494. The fourth-order valence-electron chi connectivity index (χ4n) is 1.87. The highest BCUT2D eigenvalue weighted by Crippen LogP contribution is 2.14. The number of carbonyl (C=O) groups is 3. The van der Waals surface area contributed by atoms with Crippen LogP contribution in [0.2, 0.25) is 0 Å². The molecule has 1 aromatic heterocycles. The fraction of sp³-hybridized carbons (Fsp3) is 0.118. The molecule has 0 aliphatic heterocycles. The van der Waals surface area contributed by atoms with E-state index in [1.807, 2.05) is 0 Å². The van der Waals surface area contributed by atoms with Gasteiger partial charge in [-0.2, -0.15) is 0 Å². The SMILES string of the molecule is COc1ccc(/C=C(\NC(=O)c2ccco2)C(=O)NCC(=O)O)cc1. The molecule has 0 saturated heterocycles. The van der Waals surface area contributed by atoms with Crippen LogP contribution >= 0.6 is 0 Å². The van der Waals surface area contributed by atoms with Gasteiger partial charge >= 0.3 is 5.97 Å². The number of hydrogen-bond acceptors (Lipinski definition) is 5. The topological polar surface area (TPSA) is 118 Å². The van der Waals surface area contributed by atoms with Crippen molar-refractivity contribution >= 4 is 23.9 Å². The zero-order valence-corrected chi connectivity index (χ0v) is 13.3. The number of methoxy groups -OCH3 is 1. The van der Waals surface area contributed by atoms with Crippen molar-refractivity contribution in [2.24, 2.45) is 0 Å². The van der Waals surface area contributed by atoms with Crippen molar-refractivity contribution in [3.05, 3.63) is 59.7 Å². The van der Waals surface area contributed by atoms with Crippen LogP contribution in [0.5, 0.6) is 5.75 Å². The Morgan fingerprint density at radius 2 is 1.92 bits per heavy atom. The molecular weight excluding hydrogens is 328 g/mol. The van der Waals surface area contributed by atoms with Gasteiger partial charge in [0.15, 0.2) is 5.76 Å². The average Bonchev–Trinajstić information content (AvgIpc) is 3.14. The maximum Gasteiger partial charge on any atom is 0.322 e. The van der Waals surface area contributed by atoms with Gasteiger partial charge in [0.1, 0.15) is 18.0 Å². The lowest BCUT2D eigenvalue weighted by molar-refractivity contribution is -0.137. The second-order valence-electron chi connectivity index (χ2n) is 4.84. The highest BCUT2D eigenvalue weighted by molar-refractivity contribution is 6.04. The van der Waals surface area contributed by atoms with Gasteiger partial charge in [-0.3, -0.25) is 14.4 Å². The minimum Gasteiger partial charge on any atom is -0.497 e. The first-order valence-corrected chi connectivity index (χ1v) is 7.20. The monoisotopic (exact) mass is 344 g/mol. The summed E-state index contributed by atoms with van der Waals surface area (Å²) in [6.45, 7) is -0.574. The van der Waals surface area contributed by atoms with Gasteiger partial charge in [0.05, 0.1) is 13.4 Å². The molecule has 0 saturated carbocycles. The molecule has 25 heavy (non-hydrogen) atoms. The van der Waals surface area contributed by atoms with Gasteiger partial charge in [-0.05, 0) is 35.9 Å². The van der Waals surface area contributed by atoms with Gasteiger partial charge in [0.25, 0.3) is 11.8 Å². The highest BCUT2D eigenvalue weighted by atomic mass is 16.5. The van der Waals surface area contributed by atoms with Crippen LogP contribution in [0.4, 0.5) is 0 Å². The van der Waals surface area contributed by atoms with Crippen LogP contribution in [0.1, 0.15) is 16.1 Å². The molecule has 0 bridgehead atoms. The highest BCUT2D eigenvalue weighted by Gasteiger charge is 2.16. The third-order valence-electron chi connectivity index (χ3n) is 3.06. The maximum absolute atomic E-state index is 12.2. The summed E-state index contributed by atoms with van der Waals surface area (Å²) < 4.78 is 10.0. The quantitative estimate of drug-likeness (QED) is 0.651. The Balaban J connectivity index is 2.23. The Morgan fingerprint density at radius 1 is 1.20 bits per heavy atom. The van der Waals surface area contributed by atoms with Crippen molar-refractivity contribution < 1.29 is 28.6 Å². The zero-order valence-electron chi connectivity index (χ0n) is 13.3. The minimum atomic E-state index is -1.20. The number of carboxylic acids is 1. The van der Waals surface area contributed by atoms with Crippen molar-refractivity contribution in [2.75, 3.05) is 13.7 Å². The second-order valence-corrected chi connectivity index (χ2v) is 4.84. The lowest BCUT2D eigenvalue weighted by Crippen LogP contribution is -2.37. The summed E-state index contributed by atoms with van der Waals surface area (Å²) in [6.07, 6.45) is 2.74. The summed E-state index contributed by atoms with van der Waals surface area (Å²) in [5.74, 6) is -1.91. The van der Waals surface area contributed by atoms with Crippen molar-refractivity contribution in [1.82, 2.24) is 10.6 Å². The molecule has 130 valence electrons. The van der Waals surface area contributed by atoms with E-state index in [-0.39, 0.29) is 11.5 Å². The number of ether oxygens (including phenoxy) is 1. The Bertz CT molecular complexity index is 778. The van der Waals surface area contributed by atoms with Gasteiger partial charge in [-0.1, -0.05) is 12.1 Å². The number of hydrogen-bond donors (Lipinski definition) is 3. The molecule has 3 N–H and O–H groups in total. The first kappa shape index (κ1) is 17.8. The largest absolute Gasteiger partial charge is 0.497 e. The van der Waals surface area contributed by atoms with E-state index in [0.29, 0.717) is 11.3 Å². The number of rotatable bonds is 7. The van der Waals surface area contributed by atoms with Crippen LogP contribution in [0.25, 0.3) is 6.08 Å². The Labute approximate surface area is 143 Å². The molecular formula is C17H16N2O6. The molecule has 1 aromatic carbocycles. The lowest BCUT2D eigenvalue weighted by Gasteiger charge is -2.09. The normalized spacial score (nSPS) is 10.8. The minimum absolute atomic E-state index is 0.0201. The number of nitrogens with one attached hydrogen (secondary N) is 2. The number of carbonyl (C=O) groups excluding carboxylic acids is 2. The van der Waals surface area contributed by atoms with Gasteiger partial charge in [0, 0.05) is 0 Å². The van der Waals surface area contributed by atoms with E-state index in [9.17, 15) is 14.4 Å². The Hall–Kier alpha value is -3.55. The summed E-state index contributed by atoms with van der Waals surface area (Å²) in [6, 6.07) is 9.71. The number of benzene rings is 1. The van der Waals surface area contributed by atoms with Crippen LogP contribution < -0.4 is 15.4 Å². The third kappa shape index (κ3) is 5.24. The van der Waals surface area contributed by atoms with E-state index in [0.717, 1.165) is 0 Å². The summed E-state index contributed by atoms with van der Waals surface area (Å²) in [5, 5.41) is 13.3. The first-order chi connectivity index (χ1) is 12.0. The summed E-state index contributed by atoms with van der Waals surface area (Å²) in [7, 11) is 1.53. The van der Waals surface area contributed by atoms with Crippen molar-refractivity contribution in [1.29, 1.82) is 0 Å². The Morgan fingerprint density at radius 3 is 2.48 bits per heavy atom. The third-order valence-corrected chi connectivity index (χ3v) is 3.06. The molecule has 2 aromatic rings. The number of furan rings is 1. The van der Waals surface area contributed by atoms with Gasteiger partial charge < -0.3 is 24.9 Å². The number of aliphatic carboxylic acids is 1. The Kier molecular flexibility index (Phi) is 5.94. The summed E-state index contributed by atoms with van der Waals surface area (Å²) in [4.78, 5) is 34.9. The molecule has 1 heterocycles. The van der Waals surface area contributed by atoms with Crippen molar-refractivity contribution in [2.45, 2.75) is 0 Å². The van der Waals surface area contributed by atoms with E-state index in [2.05, 4.69) is 10.6 Å². The van der Waals surface area contributed by atoms with Crippen LogP contribution in [-0.4, -0.2) is 36.5 Å². The van der Waals surface area contributed by atoms with Crippen LogP contribution in [0, 0.1) is 0 Å². The van der Waals surface area contributed by atoms with E-state index in [4.69, 9.17) is 14.3 Å². The van der Waals surface area contributed by atoms with Gasteiger partial charge in [-0.15, -0.1) is 0 Å². The number of amides is 2. The van der Waals surface area contributed by atoms with Crippen LogP contribution in [0.15, 0.2) is 52.8 Å². The standard InChI is InChI=1S/C17H16N2O6/c1-24-12-6-4-11(5-7-12)9-13(16(22)18-10-15(20)21)19-17(23)14-3-2-8-25-14/h2-9H,10H2,1H3,(H,18,22)(H,19,23)(H,20,21)/b13-9-. The molecule has 8 nitrogen and oxygen atoms in total.